The maximum Gasteiger partial charge on any atom is 0.341 e. The number of nitrogens with zero attached hydrogens (tertiary/aromatic N) is 2. The summed E-state index contributed by atoms with van der Waals surface area (Å²) >= 11 is 0.986. The fourth-order valence-electron chi connectivity index (χ4n) is 1.75. The highest BCUT2D eigenvalue weighted by atomic mass is 32.2. The van der Waals surface area contributed by atoms with Crippen molar-refractivity contribution in [1.82, 2.24) is 5.32 Å². The first-order chi connectivity index (χ1) is 11.5. The van der Waals surface area contributed by atoms with Crippen molar-refractivity contribution in [2.75, 3.05) is 6.61 Å². The molecule has 3 N–H and O–H groups in total. The van der Waals surface area contributed by atoms with E-state index in [4.69, 9.17) is 14.9 Å². The third-order valence-corrected chi connectivity index (χ3v) is 3.82. The van der Waals surface area contributed by atoms with Crippen LogP contribution in [-0.2, 0) is 14.4 Å². The maximum atomic E-state index is 11.6. The van der Waals surface area contributed by atoms with Gasteiger partial charge in [0.25, 0.3) is 0 Å². The first kappa shape index (κ1) is 17.5. The Balaban J connectivity index is 2.03. The summed E-state index contributed by atoms with van der Waals surface area (Å²) in [6, 6.07) is 6.65. The average molecular weight is 351 g/mol. The number of carboxylic acid groups (broad SMARTS) is 2. The summed E-state index contributed by atoms with van der Waals surface area (Å²) in [4.78, 5) is 32.7. The second kappa shape index (κ2) is 8.11. The number of hydrogen-bond donors (Lipinski definition) is 3. The van der Waals surface area contributed by atoms with Crippen LogP contribution in [0.4, 0.5) is 0 Å². The van der Waals surface area contributed by atoms with Crippen LogP contribution < -0.4 is 10.1 Å². The minimum atomic E-state index is -1.10. The van der Waals surface area contributed by atoms with Gasteiger partial charge in [0.05, 0.1) is 12.6 Å². The van der Waals surface area contributed by atoms with Gasteiger partial charge in [-0.2, -0.15) is 5.10 Å². The molecule has 0 aromatic heterocycles. The zero-order valence-electron chi connectivity index (χ0n) is 12.2. The molecule has 1 aliphatic heterocycles. The summed E-state index contributed by atoms with van der Waals surface area (Å²) in [7, 11) is 0. The molecule has 1 heterocycles. The van der Waals surface area contributed by atoms with Crippen molar-refractivity contribution in [1.29, 1.82) is 0 Å². The number of thioether (sulfide) groups is 1. The standard InChI is InChI=1S/C14H13N3O6S/c18-11(19)5-10-13(22)16-14(24-10)17-15-6-8-3-1-2-4-9(8)23-7-12(20)21/h1-4,6,10H,5,7H2,(H,18,19)(H,20,21)(H,16,17,22). The van der Waals surface area contributed by atoms with E-state index in [0.29, 0.717) is 11.3 Å². The molecule has 0 spiro atoms. The molecule has 0 aliphatic carbocycles. The van der Waals surface area contributed by atoms with Gasteiger partial charge < -0.3 is 20.3 Å². The van der Waals surface area contributed by atoms with Crippen LogP contribution in [0.2, 0.25) is 0 Å². The van der Waals surface area contributed by atoms with E-state index in [9.17, 15) is 14.4 Å². The van der Waals surface area contributed by atoms with Crippen molar-refractivity contribution in [2.45, 2.75) is 11.7 Å². The third-order valence-electron chi connectivity index (χ3n) is 2.75. The largest absolute Gasteiger partial charge is 0.481 e. The van der Waals surface area contributed by atoms with E-state index in [1.807, 2.05) is 0 Å². The zero-order chi connectivity index (χ0) is 17.5. The summed E-state index contributed by atoms with van der Waals surface area (Å²) in [6.07, 6.45) is 1.05. The number of ether oxygens (including phenoxy) is 1. The molecule has 0 bridgehead atoms. The summed E-state index contributed by atoms with van der Waals surface area (Å²) in [5.41, 5.74) is 0.513. The predicted molar refractivity (Wildman–Crippen MR) is 86.4 cm³/mol. The summed E-state index contributed by atoms with van der Waals surface area (Å²) in [6.45, 7) is -0.484. The smallest absolute Gasteiger partial charge is 0.341 e. The lowest BCUT2D eigenvalue weighted by atomic mass is 10.2. The number of carboxylic acids is 2. The molecule has 1 atom stereocenters. The minimum absolute atomic E-state index is 0.200. The lowest BCUT2D eigenvalue weighted by Crippen LogP contribution is -2.26. The number of amidine groups is 1. The molecule has 24 heavy (non-hydrogen) atoms. The molecule has 1 aromatic carbocycles. The fraction of sp³-hybridized carbons (Fsp3) is 0.214. The van der Waals surface area contributed by atoms with Crippen LogP contribution in [0.3, 0.4) is 0 Å². The van der Waals surface area contributed by atoms with Crippen LogP contribution >= 0.6 is 11.8 Å². The van der Waals surface area contributed by atoms with Crippen molar-refractivity contribution < 1.29 is 29.3 Å². The monoisotopic (exact) mass is 351 g/mol. The molecule has 1 saturated heterocycles. The quantitative estimate of drug-likeness (QED) is 0.481. The lowest BCUT2D eigenvalue weighted by molar-refractivity contribution is -0.139. The first-order valence-corrected chi connectivity index (χ1v) is 7.57. The Kier molecular flexibility index (Phi) is 5.90. The van der Waals surface area contributed by atoms with Crippen LogP contribution in [-0.4, -0.2) is 51.3 Å². The Labute approximate surface area is 140 Å². The Bertz CT molecular complexity index is 718. The number of para-hydroxylation sites is 1. The lowest BCUT2D eigenvalue weighted by Gasteiger charge is -2.05. The molecule has 1 unspecified atom stereocenters. The summed E-state index contributed by atoms with van der Waals surface area (Å²) in [5, 5.41) is 26.9. The second-order valence-electron chi connectivity index (χ2n) is 4.56. The molecule has 1 amide bonds. The highest BCUT2D eigenvalue weighted by molar-refractivity contribution is 8.15. The van der Waals surface area contributed by atoms with Gasteiger partial charge in [0.1, 0.15) is 11.0 Å². The van der Waals surface area contributed by atoms with Gasteiger partial charge in [0.15, 0.2) is 11.8 Å². The van der Waals surface area contributed by atoms with Crippen molar-refractivity contribution in [3.63, 3.8) is 0 Å². The number of rotatable bonds is 7. The van der Waals surface area contributed by atoms with Gasteiger partial charge in [0, 0.05) is 5.56 Å². The molecule has 9 nitrogen and oxygen atoms in total. The average Bonchev–Trinajstić information content (AvgIpc) is 2.85. The zero-order valence-corrected chi connectivity index (χ0v) is 13.0. The fourth-order valence-corrected chi connectivity index (χ4v) is 2.66. The normalized spacial score (nSPS) is 18.8. The van der Waals surface area contributed by atoms with Crippen LogP contribution in [0.15, 0.2) is 34.5 Å². The molecule has 0 saturated carbocycles. The number of carbonyl (C=O) groups is 3. The van der Waals surface area contributed by atoms with E-state index < -0.39 is 29.7 Å². The predicted octanol–water partition coefficient (Wildman–Crippen LogP) is 0.546. The number of amides is 1. The summed E-state index contributed by atoms with van der Waals surface area (Å²) in [5.74, 6) is -2.27. The Morgan fingerprint density at radius 1 is 1.29 bits per heavy atom. The van der Waals surface area contributed by atoms with Crippen molar-refractivity contribution in [3.05, 3.63) is 29.8 Å². The van der Waals surface area contributed by atoms with Crippen molar-refractivity contribution in [2.24, 2.45) is 10.2 Å². The molecular weight excluding hydrogens is 338 g/mol. The van der Waals surface area contributed by atoms with Gasteiger partial charge >= 0.3 is 11.9 Å². The molecule has 0 radical (unpaired) electrons. The number of nitrogens with one attached hydrogen (secondary N) is 1. The molecule has 126 valence electrons. The van der Waals surface area contributed by atoms with E-state index in [1.165, 1.54) is 6.21 Å². The second-order valence-corrected chi connectivity index (χ2v) is 5.76. The number of hydrogen-bond acceptors (Lipinski definition) is 7. The molecule has 1 aromatic rings. The minimum Gasteiger partial charge on any atom is -0.481 e. The van der Waals surface area contributed by atoms with E-state index >= 15 is 0 Å². The van der Waals surface area contributed by atoms with Crippen LogP contribution in [0.5, 0.6) is 5.75 Å². The number of aliphatic carboxylic acids is 2. The van der Waals surface area contributed by atoms with Gasteiger partial charge in [-0.3, -0.25) is 9.59 Å². The first-order valence-electron chi connectivity index (χ1n) is 6.69. The van der Waals surface area contributed by atoms with E-state index in [-0.39, 0.29) is 11.6 Å². The topological polar surface area (TPSA) is 138 Å². The van der Waals surface area contributed by atoms with Crippen LogP contribution in [0, 0.1) is 0 Å². The SMILES string of the molecule is O=C(O)COc1ccccc1C=NN=C1NC(=O)C(CC(=O)O)S1. The van der Waals surface area contributed by atoms with E-state index in [1.54, 1.807) is 24.3 Å². The van der Waals surface area contributed by atoms with Gasteiger partial charge in [-0.1, -0.05) is 23.9 Å². The number of benzene rings is 1. The summed E-state index contributed by atoms with van der Waals surface area (Å²) < 4.78 is 5.12. The maximum absolute atomic E-state index is 11.6. The highest BCUT2D eigenvalue weighted by Gasteiger charge is 2.32. The molecule has 2 rings (SSSR count). The molecular formula is C14H13N3O6S. The van der Waals surface area contributed by atoms with Gasteiger partial charge in [0.2, 0.25) is 5.91 Å². The van der Waals surface area contributed by atoms with Gasteiger partial charge in [-0.05, 0) is 12.1 Å². The Morgan fingerprint density at radius 3 is 2.75 bits per heavy atom. The third kappa shape index (κ3) is 5.09. The van der Waals surface area contributed by atoms with E-state index in [2.05, 4.69) is 15.5 Å². The number of carbonyl (C=O) groups excluding carboxylic acids is 1. The van der Waals surface area contributed by atoms with E-state index in [0.717, 1.165) is 11.8 Å². The van der Waals surface area contributed by atoms with Gasteiger partial charge in [-0.25, -0.2) is 4.79 Å². The molecule has 1 fully saturated rings. The Morgan fingerprint density at radius 2 is 2.04 bits per heavy atom. The van der Waals surface area contributed by atoms with Crippen molar-refractivity contribution >= 4 is 41.0 Å². The Hall–Kier alpha value is -2.88. The van der Waals surface area contributed by atoms with Gasteiger partial charge in [-0.15, -0.1) is 5.10 Å². The van der Waals surface area contributed by atoms with Crippen LogP contribution in [0.1, 0.15) is 12.0 Å². The van der Waals surface area contributed by atoms with Crippen molar-refractivity contribution in [3.8, 4) is 5.75 Å². The molecule has 1 aliphatic rings. The van der Waals surface area contributed by atoms with Crippen LogP contribution in [0.25, 0.3) is 0 Å². The highest BCUT2D eigenvalue weighted by Crippen LogP contribution is 2.22. The molecule has 10 heteroatoms.